The molecule has 3 aromatic rings. The van der Waals surface area contributed by atoms with Gasteiger partial charge in [0, 0.05) is 36.4 Å². The molecule has 1 N–H and O–H groups in total. The third-order valence-electron chi connectivity index (χ3n) is 6.17. The van der Waals surface area contributed by atoms with Gasteiger partial charge in [-0.3, -0.25) is 0 Å². The average Bonchev–Trinajstić information content (AvgIpc) is 3.20. The number of carbonyl (C=O) groups is 1. The highest BCUT2D eigenvalue weighted by Gasteiger charge is 2.40. The maximum Gasteiger partial charge on any atom is 0.320 e. The number of hydrogen-bond acceptors (Lipinski definition) is 4. The Balaban J connectivity index is 1.47. The van der Waals surface area contributed by atoms with Crippen LogP contribution in [0.3, 0.4) is 0 Å². The lowest BCUT2D eigenvalue weighted by Crippen LogP contribution is -2.54. The zero-order chi connectivity index (χ0) is 20.9. The first-order valence-electron chi connectivity index (χ1n) is 10.3. The van der Waals surface area contributed by atoms with E-state index >= 15 is 0 Å². The molecule has 3 heterocycles. The van der Waals surface area contributed by atoms with Gasteiger partial charge >= 0.3 is 6.03 Å². The minimum atomic E-state index is -3.36. The van der Waals surface area contributed by atoms with Crippen LogP contribution in [0.1, 0.15) is 18.4 Å². The molecule has 0 bridgehead atoms. The molecule has 0 aliphatic carbocycles. The van der Waals surface area contributed by atoms with Crippen LogP contribution in [0, 0.1) is 0 Å². The van der Waals surface area contributed by atoms with E-state index in [0.717, 1.165) is 47.0 Å². The second-order valence-electron chi connectivity index (χ2n) is 8.30. The van der Waals surface area contributed by atoms with Crippen LogP contribution in [0.15, 0.2) is 46.9 Å². The zero-order valence-corrected chi connectivity index (χ0v) is 17.7. The van der Waals surface area contributed by atoms with E-state index in [4.69, 9.17) is 4.42 Å². The van der Waals surface area contributed by atoms with Crippen molar-refractivity contribution < 1.29 is 17.6 Å². The van der Waals surface area contributed by atoms with Gasteiger partial charge in [0.05, 0.1) is 12.3 Å². The number of rotatable bonds is 4. The van der Waals surface area contributed by atoms with Crippen molar-refractivity contribution in [3.8, 4) is 0 Å². The standard InChI is InChI=1S/C22H25N3O4S/c1-30(27,28)23-18-9-12-25(22(26)24-10-4-11-24)19(18)14-15-7-8-21-17(13-15)16-5-2-3-6-20(16)29-21/h2-3,5-8,13,18-19,23H,4,9-12,14H2,1H3/t18-,19-/m0/s1. The first-order chi connectivity index (χ1) is 14.4. The quantitative estimate of drug-likeness (QED) is 0.694. The Morgan fingerprint density at radius 1 is 1.10 bits per heavy atom. The molecule has 0 spiro atoms. The molecule has 8 heteroatoms. The molecule has 158 valence electrons. The molecule has 7 nitrogen and oxygen atoms in total. The van der Waals surface area contributed by atoms with E-state index in [2.05, 4.69) is 10.8 Å². The van der Waals surface area contributed by atoms with E-state index in [0.29, 0.717) is 19.4 Å². The number of carbonyl (C=O) groups excluding carboxylic acids is 1. The van der Waals surface area contributed by atoms with Gasteiger partial charge in [-0.1, -0.05) is 24.3 Å². The SMILES string of the molecule is CS(=O)(=O)N[C@H]1CCN(C(=O)N2CCC2)[C@H]1Cc1ccc2oc3ccccc3c2c1. The summed E-state index contributed by atoms with van der Waals surface area (Å²) in [6.07, 6.45) is 3.41. The lowest BCUT2D eigenvalue weighted by Gasteiger charge is -2.37. The number of hydrogen-bond donors (Lipinski definition) is 1. The van der Waals surface area contributed by atoms with E-state index in [-0.39, 0.29) is 18.1 Å². The van der Waals surface area contributed by atoms with E-state index in [9.17, 15) is 13.2 Å². The summed E-state index contributed by atoms with van der Waals surface area (Å²) < 4.78 is 32.5. The summed E-state index contributed by atoms with van der Waals surface area (Å²) >= 11 is 0. The maximum absolute atomic E-state index is 12.9. The fourth-order valence-electron chi connectivity index (χ4n) is 4.59. The van der Waals surface area contributed by atoms with E-state index in [1.807, 2.05) is 46.2 Å². The number of sulfonamides is 1. The van der Waals surface area contributed by atoms with E-state index < -0.39 is 10.0 Å². The number of urea groups is 1. The second kappa shape index (κ2) is 7.28. The highest BCUT2D eigenvalue weighted by molar-refractivity contribution is 7.88. The number of amides is 2. The third-order valence-corrected chi connectivity index (χ3v) is 6.90. The van der Waals surface area contributed by atoms with Crippen molar-refractivity contribution in [1.82, 2.24) is 14.5 Å². The number of furan rings is 1. The number of benzene rings is 2. The zero-order valence-electron chi connectivity index (χ0n) is 16.9. The first-order valence-corrected chi connectivity index (χ1v) is 12.2. The van der Waals surface area contributed by atoms with Gasteiger partial charge in [-0.15, -0.1) is 0 Å². The summed E-state index contributed by atoms with van der Waals surface area (Å²) in [5.74, 6) is 0. The molecule has 30 heavy (non-hydrogen) atoms. The molecule has 2 atom stereocenters. The topological polar surface area (TPSA) is 82.9 Å². The highest BCUT2D eigenvalue weighted by Crippen LogP contribution is 2.31. The van der Waals surface area contributed by atoms with Crippen LogP contribution in [0.25, 0.3) is 21.9 Å². The van der Waals surface area contributed by atoms with Crippen LogP contribution < -0.4 is 4.72 Å². The normalized spacial score (nSPS) is 22.0. The summed E-state index contributed by atoms with van der Waals surface area (Å²) in [4.78, 5) is 16.6. The number of nitrogens with one attached hydrogen (secondary N) is 1. The van der Waals surface area contributed by atoms with Gasteiger partial charge in [0.1, 0.15) is 11.2 Å². The second-order valence-corrected chi connectivity index (χ2v) is 10.1. The monoisotopic (exact) mass is 427 g/mol. The number of fused-ring (bicyclic) bond motifs is 3. The van der Waals surface area contributed by atoms with E-state index in [1.54, 1.807) is 0 Å². The Labute approximate surface area is 175 Å². The van der Waals surface area contributed by atoms with Crippen molar-refractivity contribution >= 4 is 38.0 Å². The molecule has 2 aromatic carbocycles. The third kappa shape index (κ3) is 3.54. The summed E-state index contributed by atoms with van der Waals surface area (Å²) in [6, 6.07) is 13.5. The Kier molecular flexibility index (Phi) is 4.71. The molecule has 0 unspecified atom stereocenters. The van der Waals surface area contributed by atoms with Gasteiger partial charge < -0.3 is 14.2 Å². The van der Waals surface area contributed by atoms with Gasteiger partial charge in [0.25, 0.3) is 0 Å². The molecular formula is C22H25N3O4S. The van der Waals surface area contributed by atoms with Crippen molar-refractivity contribution in [1.29, 1.82) is 0 Å². The summed E-state index contributed by atoms with van der Waals surface area (Å²) in [5, 5.41) is 2.09. The summed E-state index contributed by atoms with van der Waals surface area (Å²) in [5.41, 5.74) is 2.73. The van der Waals surface area contributed by atoms with Crippen LogP contribution in [0.2, 0.25) is 0 Å². The summed E-state index contributed by atoms with van der Waals surface area (Å²) in [6.45, 7) is 2.11. The molecular weight excluding hydrogens is 402 g/mol. The largest absolute Gasteiger partial charge is 0.456 e. The van der Waals surface area contributed by atoms with Gasteiger partial charge in [0.2, 0.25) is 10.0 Å². The lowest BCUT2D eigenvalue weighted by atomic mass is 9.99. The van der Waals surface area contributed by atoms with Gasteiger partial charge in [-0.2, -0.15) is 0 Å². The average molecular weight is 428 g/mol. The molecule has 0 radical (unpaired) electrons. The van der Waals surface area contributed by atoms with Crippen molar-refractivity contribution in [3.05, 3.63) is 48.0 Å². The van der Waals surface area contributed by atoms with Crippen molar-refractivity contribution in [2.75, 3.05) is 25.9 Å². The predicted molar refractivity (Wildman–Crippen MR) is 116 cm³/mol. The van der Waals surface area contributed by atoms with Crippen LogP contribution >= 0.6 is 0 Å². The molecule has 2 aliphatic rings. The lowest BCUT2D eigenvalue weighted by molar-refractivity contribution is 0.120. The number of nitrogens with zero attached hydrogens (tertiary/aromatic N) is 2. The Morgan fingerprint density at radius 2 is 1.87 bits per heavy atom. The van der Waals surface area contributed by atoms with Crippen LogP contribution in [0.5, 0.6) is 0 Å². The van der Waals surface area contributed by atoms with Crippen molar-refractivity contribution in [3.63, 3.8) is 0 Å². The Bertz CT molecular complexity index is 1220. The van der Waals surface area contributed by atoms with Crippen molar-refractivity contribution in [2.24, 2.45) is 0 Å². The van der Waals surface area contributed by atoms with Crippen LogP contribution in [-0.2, 0) is 16.4 Å². The number of likely N-dealkylation sites (tertiary alicyclic amines) is 2. The van der Waals surface area contributed by atoms with Crippen LogP contribution in [-0.4, -0.2) is 62.2 Å². The summed E-state index contributed by atoms with van der Waals surface area (Å²) in [7, 11) is -3.36. The predicted octanol–water partition coefficient (Wildman–Crippen LogP) is 2.95. The minimum absolute atomic E-state index is 0.0129. The Hall–Kier alpha value is -2.58. The fraction of sp³-hybridized carbons (Fsp3) is 0.409. The molecule has 2 aliphatic heterocycles. The van der Waals surface area contributed by atoms with Gasteiger partial charge in [-0.25, -0.2) is 17.9 Å². The molecule has 2 saturated heterocycles. The molecule has 0 saturated carbocycles. The highest BCUT2D eigenvalue weighted by atomic mass is 32.2. The molecule has 2 amide bonds. The smallest absolute Gasteiger partial charge is 0.320 e. The maximum atomic E-state index is 12.9. The minimum Gasteiger partial charge on any atom is -0.456 e. The Morgan fingerprint density at radius 3 is 2.60 bits per heavy atom. The van der Waals surface area contributed by atoms with Gasteiger partial charge in [0.15, 0.2) is 0 Å². The molecule has 2 fully saturated rings. The van der Waals surface area contributed by atoms with Gasteiger partial charge in [-0.05, 0) is 43.0 Å². The fourth-order valence-corrected chi connectivity index (χ4v) is 5.41. The van der Waals surface area contributed by atoms with E-state index in [1.165, 1.54) is 6.26 Å². The molecule has 1 aromatic heterocycles. The first kappa shape index (κ1) is 19.4. The molecule has 5 rings (SSSR count). The van der Waals surface area contributed by atoms with Crippen LogP contribution in [0.4, 0.5) is 4.79 Å². The number of para-hydroxylation sites is 1. The van der Waals surface area contributed by atoms with Crippen molar-refractivity contribution in [2.45, 2.75) is 31.3 Å².